The Morgan fingerprint density at radius 1 is 1.10 bits per heavy atom. The summed E-state index contributed by atoms with van der Waals surface area (Å²) in [6.45, 7) is 10.6. The van der Waals surface area contributed by atoms with E-state index in [0.717, 1.165) is 49.7 Å². The molecule has 0 aliphatic rings. The topological polar surface area (TPSA) is 33.7 Å². The van der Waals surface area contributed by atoms with Crippen molar-refractivity contribution in [2.24, 2.45) is 0 Å². The van der Waals surface area contributed by atoms with Crippen molar-refractivity contribution in [1.82, 2.24) is 10.2 Å². The number of hydrogen-bond acceptors (Lipinski definition) is 4. The minimum atomic E-state index is 0.245. The van der Waals surface area contributed by atoms with E-state index in [0.29, 0.717) is 0 Å². The predicted octanol–water partition coefficient (Wildman–Crippen LogP) is 3.09. The van der Waals surface area contributed by atoms with Gasteiger partial charge in [0, 0.05) is 18.2 Å². The maximum absolute atomic E-state index is 5.54. The Kier molecular flexibility index (Phi) is 8.16. The molecule has 120 valence electrons. The Labute approximate surface area is 129 Å². The molecule has 1 atom stereocenters. The monoisotopic (exact) mass is 294 g/mol. The van der Waals surface area contributed by atoms with Gasteiger partial charge >= 0.3 is 0 Å². The van der Waals surface area contributed by atoms with Gasteiger partial charge in [-0.1, -0.05) is 20.8 Å². The Bertz CT molecular complexity index is 406. The molecule has 0 amide bonds. The van der Waals surface area contributed by atoms with Crippen LogP contribution in [0.15, 0.2) is 18.2 Å². The van der Waals surface area contributed by atoms with Crippen LogP contribution in [-0.2, 0) is 0 Å². The summed E-state index contributed by atoms with van der Waals surface area (Å²) < 4.78 is 10.9. The van der Waals surface area contributed by atoms with Gasteiger partial charge in [-0.2, -0.15) is 0 Å². The van der Waals surface area contributed by atoms with Crippen molar-refractivity contribution in [2.45, 2.75) is 33.2 Å². The second kappa shape index (κ2) is 9.64. The third kappa shape index (κ3) is 5.21. The van der Waals surface area contributed by atoms with E-state index in [9.17, 15) is 0 Å². The molecule has 0 heterocycles. The Morgan fingerprint density at radius 3 is 2.33 bits per heavy atom. The van der Waals surface area contributed by atoms with Crippen LogP contribution in [0.3, 0.4) is 0 Å². The average molecular weight is 294 g/mol. The lowest BCUT2D eigenvalue weighted by atomic mass is 10.0. The molecule has 0 aliphatic carbocycles. The van der Waals surface area contributed by atoms with E-state index in [1.165, 1.54) is 0 Å². The molecule has 0 radical (unpaired) electrons. The van der Waals surface area contributed by atoms with Crippen molar-refractivity contribution in [1.29, 1.82) is 0 Å². The van der Waals surface area contributed by atoms with E-state index < -0.39 is 0 Å². The summed E-state index contributed by atoms with van der Waals surface area (Å²) in [5.74, 6) is 1.78. The molecule has 0 aromatic heterocycles. The molecule has 4 nitrogen and oxygen atoms in total. The fourth-order valence-electron chi connectivity index (χ4n) is 2.44. The largest absolute Gasteiger partial charge is 0.497 e. The van der Waals surface area contributed by atoms with Crippen molar-refractivity contribution in [3.63, 3.8) is 0 Å². The lowest BCUT2D eigenvalue weighted by Gasteiger charge is -2.28. The van der Waals surface area contributed by atoms with E-state index in [1.54, 1.807) is 14.2 Å². The molecule has 4 heteroatoms. The van der Waals surface area contributed by atoms with E-state index in [2.05, 4.69) is 37.1 Å². The lowest BCUT2D eigenvalue weighted by molar-refractivity contribution is 0.262. The highest BCUT2D eigenvalue weighted by Gasteiger charge is 2.18. The zero-order chi connectivity index (χ0) is 15.7. The summed E-state index contributed by atoms with van der Waals surface area (Å²) in [5, 5.41) is 3.63. The number of ether oxygens (including phenoxy) is 2. The third-order valence-corrected chi connectivity index (χ3v) is 3.79. The highest BCUT2D eigenvalue weighted by Crippen LogP contribution is 2.30. The number of likely N-dealkylation sites (N-methyl/N-ethyl adjacent to an activating group) is 1. The zero-order valence-electron chi connectivity index (χ0n) is 14.1. The van der Waals surface area contributed by atoms with Crippen LogP contribution in [-0.4, -0.2) is 45.3 Å². The highest BCUT2D eigenvalue weighted by molar-refractivity contribution is 5.42. The Hall–Kier alpha value is -1.26. The Balaban J connectivity index is 3.04. The van der Waals surface area contributed by atoms with Crippen LogP contribution in [0.4, 0.5) is 0 Å². The van der Waals surface area contributed by atoms with Gasteiger partial charge in [0.25, 0.3) is 0 Å². The van der Waals surface area contributed by atoms with Gasteiger partial charge < -0.3 is 19.7 Å². The number of nitrogens with one attached hydrogen (secondary N) is 1. The predicted molar refractivity (Wildman–Crippen MR) is 88.4 cm³/mol. The van der Waals surface area contributed by atoms with Crippen LogP contribution in [0.5, 0.6) is 11.5 Å². The summed E-state index contributed by atoms with van der Waals surface area (Å²) in [4.78, 5) is 2.42. The quantitative estimate of drug-likeness (QED) is 0.719. The highest BCUT2D eigenvalue weighted by atomic mass is 16.5. The molecule has 0 fully saturated rings. The number of rotatable bonds is 10. The molecular formula is C17H30N2O2. The number of hydrogen-bond donors (Lipinski definition) is 1. The van der Waals surface area contributed by atoms with Crippen LogP contribution < -0.4 is 14.8 Å². The first-order valence-corrected chi connectivity index (χ1v) is 7.87. The van der Waals surface area contributed by atoms with E-state index in [1.807, 2.05) is 12.1 Å². The van der Waals surface area contributed by atoms with Crippen LogP contribution in [0.25, 0.3) is 0 Å². The van der Waals surface area contributed by atoms with Crippen molar-refractivity contribution >= 4 is 0 Å². The number of methoxy groups -OCH3 is 2. The first-order chi connectivity index (χ1) is 10.2. The summed E-state index contributed by atoms with van der Waals surface area (Å²) in [7, 11) is 3.42. The molecule has 0 saturated carbocycles. The fraction of sp³-hybridized carbons (Fsp3) is 0.647. The van der Waals surface area contributed by atoms with Crippen molar-refractivity contribution in [3.05, 3.63) is 23.8 Å². The maximum atomic E-state index is 5.54. The van der Waals surface area contributed by atoms with Gasteiger partial charge in [0.1, 0.15) is 11.5 Å². The molecule has 1 N–H and O–H groups in total. The summed E-state index contributed by atoms with van der Waals surface area (Å²) >= 11 is 0. The van der Waals surface area contributed by atoms with Gasteiger partial charge in [0.2, 0.25) is 0 Å². The molecule has 1 rings (SSSR count). The Morgan fingerprint density at radius 2 is 1.81 bits per heavy atom. The van der Waals surface area contributed by atoms with E-state index >= 15 is 0 Å². The lowest BCUT2D eigenvalue weighted by Crippen LogP contribution is -2.35. The molecule has 0 saturated heterocycles. The first kappa shape index (κ1) is 17.8. The summed E-state index contributed by atoms with van der Waals surface area (Å²) in [6, 6.07) is 6.25. The van der Waals surface area contributed by atoms with Gasteiger partial charge in [0.15, 0.2) is 0 Å². The van der Waals surface area contributed by atoms with Crippen LogP contribution in [0.1, 0.15) is 38.8 Å². The summed E-state index contributed by atoms with van der Waals surface area (Å²) in [6.07, 6.45) is 1.11. The van der Waals surface area contributed by atoms with Crippen molar-refractivity contribution < 1.29 is 9.47 Å². The fourth-order valence-corrected chi connectivity index (χ4v) is 2.44. The molecule has 0 aliphatic heterocycles. The van der Waals surface area contributed by atoms with Gasteiger partial charge in [-0.05, 0) is 44.3 Å². The van der Waals surface area contributed by atoms with Gasteiger partial charge in [-0.15, -0.1) is 0 Å². The van der Waals surface area contributed by atoms with E-state index in [4.69, 9.17) is 9.47 Å². The van der Waals surface area contributed by atoms with Crippen LogP contribution in [0, 0.1) is 0 Å². The van der Waals surface area contributed by atoms with Crippen molar-refractivity contribution in [2.75, 3.05) is 40.4 Å². The van der Waals surface area contributed by atoms with Gasteiger partial charge in [-0.3, -0.25) is 0 Å². The third-order valence-electron chi connectivity index (χ3n) is 3.79. The number of benzene rings is 1. The zero-order valence-corrected chi connectivity index (χ0v) is 14.1. The molecule has 0 bridgehead atoms. The second-order valence-corrected chi connectivity index (χ2v) is 5.10. The molecule has 0 spiro atoms. The molecular weight excluding hydrogens is 264 g/mol. The second-order valence-electron chi connectivity index (χ2n) is 5.10. The number of nitrogens with zero attached hydrogens (tertiary/aromatic N) is 1. The molecule has 1 aromatic carbocycles. The van der Waals surface area contributed by atoms with Crippen LogP contribution in [0.2, 0.25) is 0 Å². The van der Waals surface area contributed by atoms with E-state index in [-0.39, 0.29) is 6.04 Å². The first-order valence-electron chi connectivity index (χ1n) is 7.87. The average Bonchev–Trinajstić information content (AvgIpc) is 2.54. The minimum absolute atomic E-state index is 0.245. The van der Waals surface area contributed by atoms with Crippen LogP contribution >= 0.6 is 0 Å². The SMILES string of the molecule is CCCNC(CN(CC)CC)c1cc(OC)ccc1OC. The molecule has 21 heavy (non-hydrogen) atoms. The molecule has 1 unspecified atom stereocenters. The minimum Gasteiger partial charge on any atom is -0.497 e. The van der Waals surface area contributed by atoms with Gasteiger partial charge in [-0.25, -0.2) is 0 Å². The smallest absolute Gasteiger partial charge is 0.123 e. The normalized spacial score (nSPS) is 12.5. The maximum Gasteiger partial charge on any atom is 0.123 e. The van der Waals surface area contributed by atoms with Crippen molar-refractivity contribution in [3.8, 4) is 11.5 Å². The molecule has 1 aromatic rings. The van der Waals surface area contributed by atoms with Gasteiger partial charge in [0.05, 0.1) is 14.2 Å². The summed E-state index contributed by atoms with van der Waals surface area (Å²) in [5.41, 5.74) is 1.16. The standard InChI is InChI=1S/C17H30N2O2/c1-6-11-18-16(13-19(7-2)8-3)15-12-14(20-4)9-10-17(15)21-5/h9-10,12,16,18H,6-8,11,13H2,1-5H3.